The van der Waals surface area contributed by atoms with Gasteiger partial charge >= 0.3 is 0 Å². The Morgan fingerprint density at radius 2 is 2.12 bits per heavy atom. The Morgan fingerprint density at radius 1 is 1.50 bits per heavy atom. The first-order valence-electron chi connectivity index (χ1n) is 4.68. The first-order valence-corrected chi connectivity index (χ1v) is 5.85. The van der Waals surface area contributed by atoms with Gasteiger partial charge in [0.2, 0.25) is 0 Å². The Kier molecular flexibility index (Phi) is 4.35. The van der Waals surface area contributed by atoms with Gasteiger partial charge in [0.1, 0.15) is 5.60 Å². The zero-order chi connectivity index (χ0) is 12.3. The van der Waals surface area contributed by atoms with Gasteiger partial charge in [0.15, 0.2) is 0 Å². The molecule has 1 aromatic carbocycles. The smallest absolute Gasteiger partial charge is 0.256 e. The molecule has 0 unspecified atom stereocenters. The van der Waals surface area contributed by atoms with Crippen LogP contribution in [0.25, 0.3) is 0 Å². The molecule has 0 spiro atoms. The molecule has 0 aliphatic carbocycles. The molecule has 1 aromatic rings. The second-order valence-electron chi connectivity index (χ2n) is 3.79. The summed E-state index contributed by atoms with van der Waals surface area (Å²) >= 11 is 9.18. The Morgan fingerprint density at radius 3 is 2.69 bits per heavy atom. The van der Waals surface area contributed by atoms with Crippen LogP contribution in [0.1, 0.15) is 13.8 Å². The van der Waals surface area contributed by atoms with Gasteiger partial charge in [0, 0.05) is 16.6 Å². The van der Waals surface area contributed by atoms with Crippen molar-refractivity contribution in [2.45, 2.75) is 19.4 Å². The highest BCUT2D eigenvalue weighted by Gasteiger charge is 2.27. The lowest BCUT2D eigenvalue weighted by molar-refractivity contribution is -0.133. The Bertz CT molecular complexity index is 407. The number of rotatable bonds is 3. The fourth-order valence-corrected chi connectivity index (χ4v) is 1.48. The number of amides is 1. The van der Waals surface area contributed by atoms with E-state index >= 15 is 0 Å². The van der Waals surface area contributed by atoms with Crippen molar-refractivity contribution in [1.82, 2.24) is 0 Å². The topological polar surface area (TPSA) is 38.3 Å². The zero-order valence-corrected chi connectivity index (χ0v) is 11.6. The van der Waals surface area contributed by atoms with Gasteiger partial charge in [-0.25, -0.2) is 0 Å². The average molecular weight is 307 g/mol. The molecule has 0 atom stereocenters. The van der Waals surface area contributed by atoms with E-state index in [4.69, 9.17) is 16.3 Å². The van der Waals surface area contributed by atoms with E-state index in [1.54, 1.807) is 32.0 Å². The molecule has 0 radical (unpaired) electrons. The summed E-state index contributed by atoms with van der Waals surface area (Å²) < 4.78 is 5.86. The number of ether oxygens (including phenoxy) is 1. The number of halogens is 2. The fourth-order valence-electron chi connectivity index (χ4n) is 0.959. The summed E-state index contributed by atoms with van der Waals surface area (Å²) in [5, 5.41) is 3.31. The second kappa shape index (κ2) is 5.17. The molecule has 88 valence electrons. The molecule has 0 aromatic heterocycles. The van der Waals surface area contributed by atoms with E-state index in [1.165, 1.54) is 7.11 Å². The van der Waals surface area contributed by atoms with Crippen LogP contribution in [-0.2, 0) is 9.53 Å². The summed E-state index contributed by atoms with van der Waals surface area (Å²) in [6.07, 6.45) is 0. The molecule has 1 amide bonds. The Hall–Kier alpha value is -0.580. The van der Waals surface area contributed by atoms with Gasteiger partial charge in [-0.2, -0.15) is 0 Å². The maximum absolute atomic E-state index is 11.8. The summed E-state index contributed by atoms with van der Waals surface area (Å²) in [6.45, 7) is 3.39. The van der Waals surface area contributed by atoms with Crippen LogP contribution in [0, 0.1) is 0 Å². The predicted octanol–water partition coefficient (Wildman–Crippen LogP) is 3.47. The highest BCUT2D eigenvalue weighted by atomic mass is 79.9. The SMILES string of the molecule is COC(C)(C)C(=O)Nc1cc(Cl)ccc1Br. The van der Waals surface area contributed by atoms with Crippen LogP contribution in [0.5, 0.6) is 0 Å². The molecular formula is C11H13BrClNO2. The van der Waals surface area contributed by atoms with E-state index in [0.29, 0.717) is 10.7 Å². The minimum Gasteiger partial charge on any atom is -0.369 e. The third-order valence-corrected chi connectivity index (χ3v) is 3.16. The molecule has 1 N–H and O–H groups in total. The van der Waals surface area contributed by atoms with Gasteiger partial charge in [-0.3, -0.25) is 4.79 Å². The quantitative estimate of drug-likeness (QED) is 0.928. The van der Waals surface area contributed by atoms with Crippen LogP contribution in [0.2, 0.25) is 5.02 Å². The molecule has 16 heavy (non-hydrogen) atoms. The maximum atomic E-state index is 11.8. The average Bonchev–Trinajstić information content (AvgIpc) is 2.23. The highest BCUT2D eigenvalue weighted by Crippen LogP contribution is 2.26. The van der Waals surface area contributed by atoms with Crippen LogP contribution < -0.4 is 5.32 Å². The van der Waals surface area contributed by atoms with Crippen molar-refractivity contribution >= 4 is 39.1 Å². The van der Waals surface area contributed by atoms with Crippen molar-refractivity contribution in [2.24, 2.45) is 0 Å². The van der Waals surface area contributed by atoms with Gasteiger partial charge in [-0.1, -0.05) is 11.6 Å². The van der Waals surface area contributed by atoms with Gasteiger partial charge in [0.05, 0.1) is 5.69 Å². The minimum absolute atomic E-state index is 0.224. The molecule has 0 heterocycles. The zero-order valence-electron chi connectivity index (χ0n) is 9.30. The van der Waals surface area contributed by atoms with E-state index in [1.807, 2.05) is 0 Å². The van der Waals surface area contributed by atoms with Crippen molar-refractivity contribution in [2.75, 3.05) is 12.4 Å². The molecule has 0 aliphatic heterocycles. The number of hydrogen-bond acceptors (Lipinski definition) is 2. The lowest BCUT2D eigenvalue weighted by Gasteiger charge is -2.22. The van der Waals surface area contributed by atoms with Gasteiger partial charge in [0.25, 0.3) is 5.91 Å². The van der Waals surface area contributed by atoms with Crippen molar-refractivity contribution < 1.29 is 9.53 Å². The van der Waals surface area contributed by atoms with Crippen molar-refractivity contribution in [1.29, 1.82) is 0 Å². The van der Waals surface area contributed by atoms with Crippen molar-refractivity contribution in [3.63, 3.8) is 0 Å². The van der Waals surface area contributed by atoms with Gasteiger partial charge in [-0.15, -0.1) is 0 Å². The molecule has 3 nitrogen and oxygen atoms in total. The van der Waals surface area contributed by atoms with Gasteiger partial charge < -0.3 is 10.1 Å². The normalized spacial score (nSPS) is 11.3. The van der Waals surface area contributed by atoms with Crippen LogP contribution >= 0.6 is 27.5 Å². The van der Waals surface area contributed by atoms with Crippen molar-refractivity contribution in [3.05, 3.63) is 27.7 Å². The second-order valence-corrected chi connectivity index (χ2v) is 5.08. The third kappa shape index (κ3) is 3.20. The number of nitrogens with one attached hydrogen (secondary N) is 1. The Labute approximate surface area is 108 Å². The lowest BCUT2D eigenvalue weighted by atomic mass is 10.1. The predicted molar refractivity (Wildman–Crippen MR) is 68.9 cm³/mol. The minimum atomic E-state index is -0.873. The summed E-state index contributed by atoms with van der Waals surface area (Å²) in [5.74, 6) is -0.224. The molecular weight excluding hydrogens is 293 g/mol. The van der Waals surface area contributed by atoms with E-state index in [-0.39, 0.29) is 5.91 Å². The van der Waals surface area contributed by atoms with Gasteiger partial charge in [-0.05, 0) is 48.0 Å². The summed E-state index contributed by atoms with van der Waals surface area (Å²) in [6, 6.07) is 5.19. The number of carbonyl (C=O) groups is 1. The maximum Gasteiger partial charge on any atom is 0.256 e. The van der Waals surface area contributed by atoms with Crippen LogP contribution in [0.3, 0.4) is 0 Å². The van der Waals surface area contributed by atoms with Crippen LogP contribution in [0.4, 0.5) is 5.69 Å². The molecule has 0 saturated carbocycles. The molecule has 5 heteroatoms. The number of carbonyl (C=O) groups excluding carboxylic acids is 1. The lowest BCUT2D eigenvalue weighted by Crippen LogP contribution is -2.38. The van der Waals surface area contributed by atoms with Crippen LogP contribution in [-0.4, -0.2) is 18.6 Å². The summed E-state index contributed by atoms with van der Waals surface area (Å²) in [5.41, 5.74) is -0.246. The summed E-state index contributed by atoms with van der Waals surface area (Å²) in [4.78, 5) is 11.8. The molecule has 0 fully saturated rings. The highest BCUT2D eigenvalue weighted by molar-refractivity contribution is 9.10. The first-order chi connectivity index (χ1) is 7.36. The molecule has 1 rings (SSSR count). The van der Waals surface area contributed by atoms with E-state index < -0.39 is 5.60 Å². The van der Waals surface area contributed by atoms with E-state index in [9.17, 15) is 4.79 Å². The van der Waals surface area contributed by atoms with Crippen molar-refractivity contribution in [3.8, 4) is 0 Å². The van der Waals surface area contributed by atoms with E-state index in [0.717, 1.165) is 4.47 Å². The number of anilines is 1. The first kappa shape index (κ1) is 13.5. The monoisotopic (exact) mass is 305 g/mol. The Balaban J connectivity index is 2.89. The largest absolute Gasteiger partial charge is 0.369 e. The fraction of sp³-hybridized carbons (Fsp3) is 0.364. The number of hydrogen-bond donors (Lipinski definition) is 1. The molecule has 0 bridgehead atoms. The standard InChI is InChI=1S/C11H13BrClNO2/c1-11(2,16-3)10(15)14-9-6-7(13)4-5-8(9)12/h4-6H,1-3H3,(H,14,15). The van der Waals surface area contributed by atoms with Crippen LogP contribution in [0.15, 0.2) is 22.7 Å². The summed E-state index contributed by atoms with van der Waals surface area (Å²) in [7, 11) is 1.49. The number of methoxy groups -OCH3 is 1. The molecule has 0 saturated heterocycles. The van der Waals surface area contributed by atoms with E-state index in [2.05, 4.69) is 21.2 Å². The molecule has 0 aliphatic rings. The number of benzene rings is 1. The third-order valence-electron chi connectivity index (χ3n) is 2.23.